The van der Waals surface area contributed by atoms with Crippen molar-refractivity contribution in [2.75, 3.05) is 9.80 Å². The average molecular weight is 831 g/mol. The number of hydrogen-bond acceptors (Lipinski definition) is 3. The van der Waals surface area contributed by atoms with Gasteiger partial charge in [0.2, 0.25) is 0 Å². The quantitative estimate of drug-likeness (QED) is 0.124. The first-order chi connectivity index (χ1) is 31.8. The van der Waals surface area contributed by atoms with Crippen LogP contribution in [0.5, 0.6) is 0 Å². The zero-order valence-corrected chi connectivity index (χ0v) is 36.5. The van der Waals surface area contributed by atoms with Gasteiger partial charge in [0.25, 0.3) is 6.71 Å². The van der Waals surface area contributed by atoms with E-state index in [4.69, 9.17) is 6.57 Å². The molecule has 9 aromatic rings. The number of nitriles is 1. The molecule has 2 aliphatic rings. The Morgan fingerprint density at radius 3 is 1.25 bits per heavy atom. The van der Waals surface area contributed by atoms with Crippen molar-refractivity contribution in [2.24, 2.45) is 0 Å². The van der Waals surface area contributed by atoms with Gasteiger partial charge in [0.05, 0.1) is 29.6 Å². The Hall–Kier alpha value is -8.38. The molecular formula is C60H43BN4. The lowest BCUT2D eigenvalue weighted by molar-refractivity contribution is 0.590. The molecule has 0 N–H and O–H groups in total. The molecule has 0 radical (unpaired) electrons. The molecule has 2 heterocycles. The Kier molecular flexibility index (Phi) is 9.57. The first-order valence-corrected chi connectivity index (χ1v) is 22.1. The van der Waals surface area contributed by atoms with Gasteiger partial charge in [-0.05, 0) is 80.0 Å². The second-order valence-corrected chi connectivity index (χ2v) is 17.9. The van der Waals surface area contributed by atoms with Crippen LogP contribution < -0.4 is 26.2 Å². The number of hydrogen-bond donors (Lipinski definition) is 0. The molecule has 0 saturated carbocycles. The highest BCUT2D eigenvalue weighted by Gasteiger charge is 2.45. The maximum absolute atomic E-state index is 10.6. The molecular weight excluding hydrogens is 787 g/mol. The molecule has 2 aliphatic heterocycles. The Labute approximate surface area is 381 Å². The first kappa shape index (κ1) is 39.5. The van der Waals surface area contributed by atoms with Crippen molar-refractivity contribution >= 4 is 62.9 Å². The first-order valence-electron chi connectivity index (χ1n) is 22.1. The van der Waals surface area contributed by atoms with E-state index in [9.17, 15) is 5.26 Å². The van der Waals surface area contributed by atoms with Crippen molar-refractivity contribution in [3.63, 3.8) is 0 Å². The normalized spacial score (nSPS) is 12.4. The second kappa shape index (κ2) is 15.8. The second-order valence-electron chi connectivity index (χ2n) is 17.9. The van der Waals surface area contributed by atoms with Gasteiger partial charge >= 0.3 is 0 Å². The topological polar surface area (TPSA) is 34.6 Å². The van der Waals surface area contributed by atoms with Crippen LogP contribution in [0.3, 0.4) is 0 Å². The van der Waals surface area contributed by atoms with E-state index in [-0.39, 0.29) is 12.1 Å². The van der Waals surface area contributed by atoms with E-state index < -0.39 is 0 Å². The Morgan fingerprint density at radius 2 is 0.862 bits per heavy atom. The highest BCUT2D eigenvalue weighted by molar-refractivity contribution is 7.00. The smallest absolute Gasteiger partial charge is 0.251 e. The third-order valence-corrected chi connectivity index (χ3v) is 13.0. The monoisotopic (exact) mass is 830 g/mol. The molecule has 11 rings (SSSR count). The molecule has 65 heavy (non-hydrogen) atoms. The Balaban J connectivity index is 1.33. The summed E-state index contributed by atoms with van der Waals surface area (Å²) in [5.41, 5.74) is 20.3. The van der Waals surface area contributed by atoms with E-state index in [0.29, 0.717) is 11.3 Å². The van der Waals surface area contributed by atoms with E-state index in [0.717, 1.165) is 89.6 Å². The zero-order chi connectivity index (χ0) is 44.2. The molecule has 0 amide bonds. The number of anilines is 6. The third kappa shape index (κ3) is 6.60. The molecule has 0 unspecified atom stereocenters. The Morgan fingerprint density at radius 1 is 0.462 bits per heavy atom. The minimum atomic E-state index is -0.270. The molecule has 0 fully saturated rings. The molecule has 0 bridgehead atoms. The Bertz CT molecular complexity index is 3050. The number of fused-ring (bicyclic) bond motifs is 4. The summed E-state index contributed by atoms with van der Waals surface area (Å²) in [5, 5.41) is 10.6. The molecule has 0 aliphatic carbocycles. The van der Waals surface area contributed by atoms with Crippen LogP contribution in [0, 0.1) is 17.9 Å². The van der Waals surface area contributed by atoms with Gasteiger partial charge in [-0.15, -0.1) is 0 Å². The summed E-state index contributed by atoms with van der Waals surface area (Å²) in [7, 11) is 0. The molecule has 9 aromatic carbocycles. The van der Waals surface area contributed by atoms with Gasteiger partial charge in [-0.25, -0.2) is 4.85 Å². The number of nitrogens with zero attached hydrogens (tertiary/aromatic N) is 4. The summed E-state index contributed by atoms with van der Waals surface area (Å²) in [6.45, 7) is 15.0. The lowest BCUT2D eigenvalue weighted by Crippen LogP contribution is -2.61. The van der Waals surface area contributed by atoms with E-state index in [1.807, 2.05) is 12.1 Å². The number of benzene rings is 9. The molecule has 0 saturated heterocycles. The van der Waals surface area contributed by atoms with Gasteiger partial charge in [-0.1, -0.05) is 197 Å². The van der Waals surface area contributed by atoms with Crippen molar-refractivity contribution in [2.45, 2.75) is 26.2 Å². The van der Waals surface area contributed by atoms with Gasteiger partial charge < -0.3 is 9.80 Å². The van der Waals surface area contributed by atoms with Crippen LogP contribution >= 0.6 is 0 Å². The zero-order valence-electron chi connectivity index (χ0n) is 36.5. The summed E-state index contributed by atoms with van der Waals surface area (Å²) in [4.78, 5) is 8.97. The standard InChI is InChI=1S/C60H43BN4/c1-60(2,3)45-36-55-57-56(37-45)65(59-49(43-23-13-7-14-24-43)29-18-30-50(59)44-25-15-8-16-26-44)54-38-46(63-4)32-34-52(54)61(57)51-33-31-40(39-62)35-53(51)64(55)58-47(41-19-9-5-10-20-41)27-17-28-48(58)42-21-11-6-12-22-42/h5-38H,1-3H3. The summed E-state index contributed by atoms with van der Waals surface area (Å²) in [6, 6.07) is 75.6. The van der Waals surface area contributed by atoms with Crippen LogP contribution in [0.25, 0.3) is 49.4 Å². The van der Waals surface area contributed by atoms with Crippen LogP contribution in [-0.2, 0) is 5.41 Å². The van der Waals surface area contributed by atoms with Gasteiger partial charge in [-0.2, -0.15) is 5.26 Å². The van der Waals surface area contributed by atoms with Crippen molar-refractivity contribution in [3.05, 3.63) is 229 Å². The highest BCUT2D eigenvalue weighted by Crippen LogP contribution is 2.53. The molecule has 306 valence electrons. The van der Waals surface area contributed by atoms with Crippen LogP contribution in [-0.4, -0.2) is 6.71 Å². The molecule has 5 heteroatoms. The minimum Gasteiger partial charge on any atom is -0.311 e. The van der Waals surface area contributed by atoms with Gasteiger partial charge in [-0.3, -0.25) is 0 Å². The lowest BCUT2D eigenvalue weighted by atomic mass is 9.33. The lowest BCUT2D eigenvalue weighted by Gasteiger charge is -2.46. The van der Waals surface area contributed by atoms with Crippen molar-refractivity contribution in [1.29, 1.82) is 5.26 Å². The summed E-state index contributed by atoms with van der Waals surface area (Å²) in [6.07, 6.45) is 0. The molecule has 0 aromatic heterocycles. The van der Waals surface area contributed by atoms with E-state index in [1.54, 1.807) is 0 Å². The molecule has 4 nitrogen and oxygen atoms in total. The van der Waals surface area contributed by atoms with E-state index >= 15 is 0 Å². The summed E-state index contributed by atoms with van der Waals surface area (Å²) >= 11 is 0. The number of para-hydroxylation sites is 2. The predicted molar refractivity (Wildman–Crippen MR) is 272 cm³/mol. The van der Waals surface area contributed by atoms with Crippen LogP contribution in [0.15, 0.2) is 206 Å². The van der Waals surface area contributed by atoms with Gasteiger partial charge in [0, 0.05) is 45.0 Å². The fourth-order valence-electron chi connectivity index (χ4n) is 10.0. The van der Waals surface area contributed by atoms with Crippen molar-refractivity contribution in [3.8, 4) is 50.6 Å². The molecule has 0 spiro atoms. The summed E-state index contributed by atoms with van der Waals surface area (Å²) in [5.74, 6) is 0. The van der Waals surface area contributed by atoms with Crippen molar-refractivity contribution < 1.29 is 0 Å². The molecule has 0 atom stereocenters. The minimum absolute atomic E-state index is 0.216. The predicted octanol–water partition coefficient (Wildman–Crippen LogP) is 14.2. The van der Waals surface area contributed by atoms with E-state index in [1.165, 1.54) is 11.0 Å². The largest absolute Gasteiger partial charge is 0.311 e. The fraction of sp³-hybridized carbons (Fsp3) is 0.0667. The van der Waals surface area contributed by atoms with Gasteiger partial charge in [0.15, 0.2) is 5.69 Å². The van der Waals surface area contributed by atoms with Crippen molar-refractivity contribution in [1.82, 2.24) is 0 Å². The van der Waals surface area contributed by atoms with Crippen LogP contribution in [0.2, 0.25) is 0 Å². The fourth-order valence-corrected chi connectivity index (χ4v) is 10.0. The van der Waals surface area contributed by atoms with Gasteiger partial charge in [0.1, 0.15) is 0 Å². The SMILES string of the molecule is [C-]#[N+]c1ccc2c(c1)N(c1c(-c3ccccc3)cccc1-c1ccccc1)c1cc(C(C)(C)C)cc3c1B2c1ccc(C#N)cc1N3c1c(-c2ccccc2)cccc1-c1ccccc1. The average Bonchev–Trinajstić information content (AvgIpc) is 3.36. The van der Waals surface area contributed by atoms with Crippen LogP contribution in [0.4, 0.5) is 39.8 Å². The van der Waals surface area contributed by atoms with E-state index in [2.05, 4.69) is 236 Å². The maximum Gasteiger partial charge on any atom is 0.251 e. The summed E-state index contributed by atoms with van der Waals surface area (Å²) < 4.78 is 0. The highest BCUT2D eigenvalue weighted by atomic mass is 15.2. The number of rotatable bonds is 6. The maximum atomic E-state index is 10.6. The third-order valence-electron chi connectivity index (χ3n) is 13.0. The van der Waals surface area contributed by atoms with Crippen LogP contribution in [0.1, 0.15) is 31.9 Å².